The highest BCUT2D eigenvalue weighted by atomic mass is 32.1. The monoisotopic (exact) mass is 288 g/mol. The second-order valence-corrected chi connectivity index (χ2v) is 6.56. The molecule has 2 aromatic rings. The maximum Gasteiger partial charge on any atom is 0.222 e. The fourth-order valence-electron chi connectivity index (χ4n) is 3.00. The first-order valence-electron chi connectivity index (χ1n) is 6.86. The van der Waals surface area contributed by atoms with Gasteiger partial charge in [0.2, 0.25) is 5.91 Å². The van der Waals surface area contributed by atoms with Gasteiger partial charge in [-0.15, -0.1) is 0 Å². The molecule has 0 bridgehead atoms. The van der Waals surface area contributed by atoms with Gasteiger partial charge in [-0.2, -0.15) is 0 Å². The molecule has 2 aliphatic heterocycles. The van der Waals surface area contributed by atoms with Gasteiger partial charge < -0.3 is 15.5 Å². The molecule has 0 aliphatic carbocycles. The molecular formula is C14H16N4OS. The number of para-hydroxylation sites is 1. The van der Waals surface area contributed by atoms with Crippen molar-refractivity contribution in [3.63, 3.8) is 0 Å². The minimum absolute atomic E-state index is 0.0571. The van der Waals surface area contributed by atoms with E-state index in [-0.39, 0.29) is 11.4 Å². The lowest BCUT2D eigenvalue weighted by Gasteiger charge is -2.49. The lowest BCUT2D eigenvalue weighted by Crippen LogP contribution is -2.69. The maximum atomic E-state index is 11.7. The Morgan fingerprint density at radius 2 is 2.10 bits per heavy atom. The molecular weight excluding hydrogens is 272 g/mol. The molecule has 6 heteroatoms. The van der Waals surface area contributed by atoms with Crippen molar-refractivity contribution in [3.05, 3.63) is 24.3 Å². The fraction of sp³-hybridized carbons (Fsp3) is 0.429. The molecule has 2 saturated heterocycles. The molecule has 1 aromatic heterocycles. The van der Waals surface area contributed by atoms with E-state index in [0.29, 0.717) is 6.42 Å². The number of aromatic nitrogens is 1. The first-order chi connectivity index (χ1) is 9.74. The van der Waals surface area contributed by atoms with Gasteiger partial charge in [-0.1, -0.05) is 23.5 Å². The number of amides is 1. The normalized spacial score (nSPS) is 21.6. The Hall–Kier alpha value is -1.66. The zero-order valence-electron chi connectivity index (χ0n) is 11.1. The van der Waals surface area contributed by atoms with Crippen LogP contribution in [0.4, 0.5) is 5.13 Å². The number of anilines is 1. The van der Waals surface area contributed by atoms with Crippen LogP contribution in [0.3, 0.4) is 0 Å². The Balaban J connectivity index is 1.53. The highest BCUT2D eigenvalue weighted by Crippen LogP contribution is 2.35. The van der Waals surface area contributed by atoms with Gasteiger partial charge in [0.25, 0.3) is 0 Å². The Morgan fingerprint density at radius 3 is 2.95 bits per heavy atom. The zero-order valence-corrected chi connectivity index (χ0v) is 11.9. The maximum absolute atomic E-state index is 11.7. The first-order valence-corrected chi connectivity index (χ1v) is 7.68. The summed E-state index contributed by atoms with van der Waals surface area (Å²) in [6.07, 6.45) is 0.564. The van der Waals surface area contributed by atoms with Crippen LogP contribution in [-0.4, -0.2) is 42.6 Å². The van der Waals surface area contributed by atoms with E-state index in [1.54, 1.807) is 11.3 Å². The predicted octanol–water partition coefficient (Wildman–Crippen LogP) is 0.965. The summed E-state index contributed by atoms with van der Waals surface area (Å²) in [6, 6.07) is 8.20. The molecule has 0 saturated carbocycles. The number of benzene rings is 1. The van der Waals surface area contributed by atoms with E-state index in [2.05, 4.69) is 26.6 Å². The fourth-order valence-corrected chi connectivity index (χ4v) is 3.96. The summed E-state index contributed by atoms with van der Waals surface area (Å²) in [6.45, 7) is 3.29. The van der Waals surface area contributed by atoms with Crippen LogP contribution in [0.2, 0.25) is 0 Å². The Bertz CT molecular complexity index is 629. The molecule has 2 aliphatic rings. The molecule has 1 amide bonds. The number of nitrogens with one attached hydrogen (secondary N) is 2. The van der Waals surface area contributed by atoms with Gasteiger partial charge in [0.15, 0.2) is 5.13 Å². The molecule has 1 aromatic carbocycles. The number of fused-ring (bicyclic) bond motifs is 1. The van der Waals surface area contributed by atoms with Gasteiger partial charge in [-0.3, -0.25) is 4.79 Å². The standard InChI is InChI=1S/C14H16N4OS/c19-12-7-14(16-6-5-15-12)8-18(9-14)13-17-10-3-1-2-4-11(10)20-13/h1-4,16H,5-9H2,(H,15,19). The van der Waals surface area contributed by atoms with E-state index in [4.69, 9.17) is 0 Å². The minimum atomic E-state index is -0.0571. The van der Waals surface area contributed by atoms with Crippen LogP contribution in [0, 0.1) is 0 Å². The number of carbonyl (C=O) groups is 1. The second kappa shape index (κ2) is 4.43. The lowest BCUT2D eigenvalue weighted by molar-refractivity contribution is -0.122. The summed E-state index contributed by atoms with van der Waals surface area (Å²) in [4.78, 5) is 18.6. The van der Waals surface area contributed by atoms with Crippen molar-refractivity contribution in [2.45, 2.75) is 12.0 Å². The quantitative estimate of drug-likeness (QED) is 0.821. The van der Waals surface area contributed by atoms with Crippen LogP contribution in [0.25, 0.3) is 10.2 Å². The third-order valence-corrected chi connectivity index (χ3v) is 5.08. The number of hydrogen-bond acceptors (Lipinski definition) is 5. The number of hydrogen-bond donors (Lipinski definition) is 2. The van der Waals surface area contributed by atoms with Crippen molar-refractivity contribution in [1.29, 1.82) is 0 Å². The number of thiazole rings is 1. The van der Waals surface area contributed by atoms with Crippen molar-refractivity contribution in [3.8, 4) is 0 Å². The van der Waals surface area contributed by atoms with Gasteiger partial charge in [0.05, 0.1) is 15.8 Å². The third-order valence-electron chi connectivity index (χ3n) is 3.99. The van der Waals surface area contributed by atoms with Crippen molar-refractivity contribution < 1.29 is 4.79 Å². The molecule has 2 fully saturated rings. The van der Waals surface area contributed by atoms with Gasteiger partial charge in [0, 0.05) is 32.6 Å². The van der Waals surface area contributed by atoms with E-state index < -0.39 is 0 Å². The van der Waals surface area contributed by atoms with Crippen LogP contribution in [0.1, 0.15) is 6.42 Å². The van der Waals surface area contributed by atoms with E-state index in [9.17, 15) is 4.79 Å². The smallest absolute Gasteiger partial charge is 0.222 e. The molecule has 2 N–H and O–H groups in total. The van der Waals surface area contributed by atoms with Crippen LogP contribution in [0.5, 0.6) is 0 Å². The number of rotatable bonds is 1. The van der Waals surface area contributed by atoms with Crippen molar-refractivity contribution in [2.24, 2.45) is 0 Å². The van der Waals surface area contributed by atoms with Crippen molar-refractivity contribution in [2.75, 3.05) is 31.1 Å². The second-order valence-electron chi connectivity index (χ2n) is 5.55. The average molecular weight is 288 g/mol. The van der Waals surface area contributed by atoms with Crippen LogP contribution >= 0.6 is 11.3 Å². The zero-order chi connectivity index (χ0) is 13.6. The van der Waals surface area contributed by atoms with Crippen molar-refractivity contribution in [1.82, 2.24) is 15.6 Å². The van der Waals surface area contributed by atoms with Gasteiger partial charge in [-0.25, -0.2) is 4.98 Å². The summed E-state index contributed by atoms with van der Waals surface area (Å²) >= 11 is 1.72. The average Bonchev–Trinajstić information content (AvgIpc) is 2.73. The molecule has 0 radical (unpaired) electrons. The molecule has 20 heavy (non-hydrogen) atoms. The van der Waals surface area contributed by atoms with E-state index >= 15 is 0 Å². The molecule has 1 spiro atoms. The topological polar surface area (TPSA) is 57.3 Å². The Labute approximate surface area is 121 Å². The molecule has 104 valence electrons. The van der Waals surface area contributed by atoms with Gasteiger partial charge >= 0.3 is 0 Å². The van der Waals surface area contributed by atoms with E-state index in [1.165, 1.54) is 4.70 Å². The lowest BCUT2D eigenvalue weighted by atomic mass is 9.86. The summed E-state index contributed by atoms with van der Waals surface area (Å²) in [7, 11) is 0. The first kappa shape index (κ1) is 12.1. The number of carbonyl (C=O) groups excluding carboxylic acids is 1. The SMILES string of the molecule is O=C1CC2(CN(c3nc4ccccc4s3)C2)NCCN1. The predicted molar refractivity (Wildman–Crippen MR) is 80.2 cm³/mol. The summed E-state index contributed by atoms with van der Waals surface area (Å²) in [5, 5.41) is 7.48. The van der Waals surface area contributed by atoms with Crippen LogP contribution in [0.15, 0.2) is 24.3 Å². The van der Waals surface area contributed by atoms with E-state index in [0.717, 1.165) is 36.8 Å². The molecule has 0 atom stereocenters. The summed E-state index contributed by atoms with van der Waals surface area (Å²) < 4.78 is 1.22. The molecule has 3 heterocycles. The van der Waals surface area contributed by atoms with E-state index in [1.807, 2.05) is 18.2 Å². The largest absolute Gasteiger partial charge is 0.355 e. The Morgan fingerprint density at radius 1 is 1.25 bits per heavy atom. The highest BCUT2D eigenvalue weighted by Gasteiger charge is 2.46. The third kappa shape index (κ3) is 1.96. The molecule has 5 nitrogen and oxygen atoms in total. The van der Waals surface area contributed by atoms with Crippen LogP contribution in [-0.2, 0) is 4.79 Å². The van der Waals surface area contributed by atoms with Crippen LogP contribution < -0.4 is 15.5 Å². The molecule has 4 rings (SSSR count). The summed E-state index contributed by atoms with van der Waals surface area (Å²) in [5.74, 6) is 0.152. The molecule has 0 unspecified atom stereocenters. The Kier molecular flexibility index (Phi) is 2.68. The van der Waals surface area contributed by atoms with Crippen molar-refractivity contribution >= 4 is 32.6 Å². The summed E-state index contributed by atoms with van der Waals surface area (Å²) in [5.41, 5.74) is 0.998. The van der Waals surface area contributed by atoms with Gasteiger partial charge in [-0.05, 0) is 12.1 Å². The van der Waals surface area contributed by atoms with Gasteiger partial charge in [0.1, 0.15) is 0 Å². The highest BCUT2D eigenvalue weighted by molar-refractivity contribution is 7.22. The minimum Gasteiger partial charge on any atom is -0.355 e. The number of nitrogens with zero attached hydrogens (tertiary/aromatic N) is 2.